The van der Waals surface area contributed by atoms with E-state index in [1.54, 1.807) is 0 Å². The Kier molecular flexibility index (Phi) is 8.05. The Labute approximate surface area is 343 Å². The van der Waals surface area contributed by atoms with Gasteiger partial charge in [-0.1, -0.05) is 84.0 Å². The summed E-state index contributed by atoms with van der Waals surface area (Å²) in [6.45, 7) is 11.6. The molecule has 0 aliphatic carbocycles. The third-order valence-electron chi connectivity index (χ3n) is 11.0. The van der Waals surface area contributed by atoms with Crippen molar-refractivity contribution in [3.05, 3.63) is 168 Å². The molecule has 0 amide bonds. The van der Waals surface area contributed by atoms with Gasteiger partial charge in [0.05, 0.1) is 22.4 Å². The van der Waals surface area contributed by atoms with E-state index in [1.165, 1.54) is 23.4 Å². The third-order valence-corrected chi connectivity index (χ3v) is 11.0. The molecule has 0 saturated heterocycles. The van der Waals surface area contributed by atoms with Crippen molar-refractivity contribution >= 4 is 44.6 Å². The van der Waals surface area contributed by atoms with Gasteiger partial charge in [-0.05, 0) is 113 Å². The fraction of sp³-hybridized carbons (Fsp3) is 0.196. The Morgan fingerprint density at radius 2 is 1.24 bits per heavy atom. The second kappa shape index (κ2) is 13.9. The molecule has 0 bridgehead atoms. The number of nitrogens with zero attached hydrogens (tertiary/aromatic N) is 4. The van der Waals surface area contributed by atoms with E-state index in [-0.39, 0.29) is 27.5 Å². The lowest BCUT2D eigenvalue weighted by molar-refractivity contribution is 0.483. The van der Waals surface area contributed by atoms with Crippen molar-refractivity contribution in [2.24, 2.45) is 0 Å². The van der Waals surface area contributed by atoms with Crippen molar-refractivity contribution in [1.29, 1.82) is 0 Å². The number of pyridine rings is 1. The second-order valence-electron chi connectivity index (χ2n) is 17.1. The quantitative estimate of drug-likeness (QED) is 0.169. The largest absolute Gasteiger partial charge is 0.457 e. The minimum absolute atomic E-state index is 0.0220. The first-order valence-electron chi connectivity index (χ1n) is 21.0. The van der Waals surface area contributed by atoms with Crippen LogP contribution in [0.1, 0.15) is 62.3 Å². The zero-order valence-electron chi connectivity index (χ0n) is 36.4. The molecular weight excluding hydrogens is 723 g/mol. The van der Waals surface area contributed by atoms with Crippen LogP contribution in [0.5, 0.6) is 11.5 Å². The molecule has 0 saturated carbocycles. The highest BCUT2D eigenvalue weighted by molar-refractivity contribution is 6.09. The molecule has 0 fully saturated rings. The highest BCUT2D eigenvalue weighted by atomic mass is 19.1. The van der Waals surface area contributed by atoms with Gasteiger partial charge in [0, 0.05) is 56.2 Å². The van der Waals surface area contributed by atoms with Crippen LogP contribution in [-0.2, 0) is 10.8 Å². The van der Waals surface area contributed by atoms with Gasteiger partial charge in [0.1, 0.15) is 35.6 Å². The van der Waals surface area contributed by atoms with Gasteiger partial charge in [0.2, 0.25) is 0 Å². The normalized spacial score (nSPS) is 14.1. The van der Waals surface area contributed by atoms with Gasteiger partial charge in [-0.25, -0.2) is 13.8 Å². The number of aryl methyl sites for hydroxylation is 1. The van der Waals surface area contributed by atoms with Crippen LogP contribution in [-0.4, -0.2) is 16.2 Å². The van der Waals surface area contributed by atoms with Crippen LogP contribution >= 0.6 is 0 Å². The fourth-order valence-electron chi connectivity index (χ4n) is 7.91. The third kappa shape index (κ3) is 6.74. The van der Waals surface area contributed by atoms with Gasteiger partial charge in [0.25, 0.3) is 0 Å². The topological polar surface area (TPSA) is 33.5 Å². The lowest BCUT2D eigenvalue weighted by Gasteiger charge is -2.29. The number of para-hydroxylation sites is 3. The summed E-state index contributed by atoms with van der Waals surface area (Å²) in [5.74, 6) is -0.0415. The summed E-state index contributed by atoms with van der Waals surface area (Å²) in [7, 11) is 0. The Balaban J connectivity index is 1.08. The van der Waals surface area contributed by atoms with Crippen LogP contribution in [0.3, 0.4) is 0 Å². The summed E-state index contributed by atoms with van der Waals surface area (Å²) < 4.78 is 62.3. The molecule has 0 spiro atoms. The van der Waals surface area contributed by atoms with Crippen molar-refractivity contribution in [3.63, 3.8) is 0 Å². The second-order valence-corrected chi connectivity index (χ2v) is 17.1. The molecule has 1 aliphatic rings. The standard InChI is InChI=1S/C51H46F2N4O/c1-32-21-49(54-30-44(32)33-22-36(52)27-37(53)23-33)57-45-16-9-8-15-42(45)43-20-19-41(29-48(43)57)58-40-14-12-13-38(28-40)55-31-56(47-18-11-10-17-46(47)55)39-25-34(50(2,3)4)24-35(26-39)51(5,6)7/h8-30H,31H2,1-7H3/i1D3. The van der Waals surface area contributed by atoms with E-state index in [1.807, 2.05) is 65.2 Å². The van der Waals surface area contributed by atoms with Gasteiger partial charge in [-0.2, -0.15) is 0 Å². The number of halogens is 2. The van der Waals surface area contributed by atoms with E-state index in [0.717, 1.165) is 62.8 Å². The van der Waals surface area contributed by atoms with Crippen LogP contribution in [0.2, 0.25) is 0 Å². The molecule has 1 aliphatic heterocycles. The first kappa shape index (κ1) is 33.6. The maximum atomic E-state index is 14.3. The molecule has 58 heavy (non-hydrogen) atoms. The molecule has 0 atom stereocenters. The molecule has 0 radical (unpaired) electrons. The Bertz CT molecular complexity index is 2950. The van der Waals surface area contributed by atoms with Crippen molar-refractivity contribution in [2.45, 2.75) is 59.2 Å². The van der Waals surface area contributed by atoms with E-state index in [9.17, 15) is 8.78 Å². The summed E-state index contributed by atoms with van der Waals surface area (Å²) in [5, 5.41) is 1.86. The van der Waals surface area contributed by atoms with E-state index >= 15 is 0 Å². The molecule has 3 heterocycles. The summed E-state index contributed by atoms with van der Waals surface area (Å²) in [6, 6.07) is 41.7. The number of hydrogen-bond donors (Lipinski definition) is 0. The molecule has 8 aromatic rings. The van der Waals surface area contributed by atoms with Gasteiger partial charge in [0.15, 0.2) is 0 Å². The predicted molar refractivity (Wildman–Crippen MR) is 235 cm³/mol. The van der Waals surface area contributed by atoms with Crippen LogP contribution in [0.25, 0.3) is 38.8 Å². The number of benzene rings is 6. The number of aromatic nitrogens is 2. The smallest absolute Gasteiger partial charge is 0.137 e. The maximum absolute atomic E-state index is 14.3. The summed E-state index contributed by atoms with van der Waals surface area (Å²) in [4.78, 5) is 9.39. The average molecular weight is 772 g/mol. The van der Waals surface area contributed by atoms with Crippen molar-refractivity contribution in [3.8, 4) is 28.4 Å². The van der Waals surface area contributed by atoms with E-state index in [4.69, 9.17) is 13.8 Å². The number of ether oxygens (including phenoxy) is 1. The van der Waals surface area contributed by atoms with E-state index in [2.05, 4.69) is 99.9 Å². The predicted octanol–water partition coefficient (Wildman–Crippen LogP) is 14.1. The monoisotopic (exact) mass is 771 g/mol. The highest BCUT2D eigenvalue weighted by Gasteiger charge is 2.30. The molecule has 0 unspecified atom stereocenters. The number of hydrogen-bond acceptors (Lipinski definition) is 4. The van der Waals surface area contributed by atoms with Gasteiger partial charge in [-0.15, -0.1) is 0 Å². The average Bonchev–Trinajstić information content (AvgIpc) is 3.75. The van der Waals surface area contributed by atoms with Gasteiger partial charge in [-0.3, -0.25) is 4.57 Å². The molecule has 0 N–H and O–H groups in total. The molecule has 2 aromatic heterocycles. The first-order valence-corrected chi connectivity index (χ1v) is 19.5. The Morgan fingerprint density at radius 3 is 1.93 bits per heavy atom. The molecule has 5 nitrogen and oxygen atoms in total. The van der Waals surface area contributed by atoms with E-state index < -0.39 is 18.5 Å². The zero-order chi connectivity index (χ0) is 43.0. The number of fused-ring (bicyclic) bond motifs is 4. The molecule has 9 rings (SSSR count). The minimum Gasteiger partial charge on any atom is -0.457 e. The molecule has 290 valence electrons. The fourth-order valence-corrected chi connectivity index (χ4v) is 7.91. The van der Waals surface area contributed by atoms with Gasteiger partial charge < -0.3 is 14.5 Å². The van der Waals surface area contributed by atoms with Crippen molar-refractivity contribution < 1.29 is 17.6 Å². The first-order chi connectivity index (χ1) is 28.9. The van der Waals surface area contributed by atoms with Crippen LogP contribution in [0.15, 0.2) is 140 Å². The number of anilines is 4. The maximum Gasteiger partial charge on any atom is 0.137 e. The Hall–Kier alpha value is -6.47. The SMILES string of the molecule is [2H]C([2H])([2H])c1cc(-n2c3ccccc3c3ccc(Oc4cccc(N5CN(c6cc(C(C)(C)C)cc(C(C)(C)C)c6)c6ccccc65)c4)cc32)ncc1-c1cc(F)cc(F)c1. The van der Waals surface area contributed by atoms with Crippen LogP contribution < -0.4 is 14.5 Å². The van der Waals surface area contributed by atoms with Gasteiger partial charge >= 0.3 is 0 Å². The van der Waals surface area contributed by atoms with Crippen molar-refractivity contribution in [1.82, 2.24) is 9.55 Å². The highest BCUT2D eigenvalue weighted by Crippen LogP contribution is 2.46. The Morgan fingerprint density at radius 1 is 0.603 bits per heavy atom. The lowest BCUT2D eigenvalue weighted by Crippen LogP contribution is -2.25. The van der Waals surface area contributed by atoms with Crippen molar-refractivity contribution in [2.75, 3.05) is 16.5 Å². The zero-order valence-corrected chi connectivity index (χ0v) is 33.4. The summed E-state index contributed by atoms with van der Waals surface area (Å²) in [6.07, 6.45) is 1.38. The molecule has 7 heteroatoms. The summed E-state index contributed by atoms with van der Waals surface area (Å²) in [5.41, 5.74) is 8.61. The van der Waals surface area contributed by atoms with Crippen LogP contribution in [0.4, 0.5) is 31.5 Å². The lowest BCUT2D eigenvalue weighted by atomic mass is 9.80. The number of rotatable bonds is 6. The summed E-state index contributed by atoms with van der Waals surface area (Å²) >= 11 is 0. The molecular formula is C51H46F2N4O. The van der Waals surface area contributed by atoms with Crippen LogP contribution in [0, 0.1) is 18.5 Å². The minimum atomic E-state index is -2.60. The van der Waals surface area contributed by atoms with E-state index in [0.29, 0.717) is 24.0 Å². The molecule has 6 aromatic carbocycles.